The quantitative estimate of drug-likeness (QED) is 0.627. The van der Waals surface area contributed by atoms with Crippen molar-refractivity contribution >= 4 is 12.4 Å². The van der Waals surface area contributed by atoms with Gasteiger partial charge in [-0.15, -0.1) is 0 Å². The van der Waals surface area contributed by atoms with Gasteiger partial charge in [0.1, 0.15) is 0 Å². The Morgan fingerprint density at radius 2 is 1.60 bits per heavy atom. The minimum atomic E-state index is 0.670. The van der Waals surface area contributed by atoms with Gasteiger partial charge in [-0.2, -0.15) is 10.2 Å². The summed E-state index contributed by atoms with van der Waals surface area (Å²) in [5.41, 5.74) is 0. The molecule has 0 amide bonds. The third-order valence-electron chi connectivity index (χ3n) is 4.06. The summed E-state index contributed by atoms with van der Waals surface area (Å²) in [5, 5.41) is 8.08. The third-order valence-corrected chi connectivity index (χ3v) is 4.06. The Hall–Kier alpha value is -0.660. The molecule has 1 aliphatic carbocycles. The summed E-state index contributed by atoms with van der Waals surface area (Å²) in [4.78, 5) is 0. The first-order valence-corrected chi connectivity index (χ1v) is 6.34. The molecule has 3 unspecified atom stereocenters. The zero-order valence-corrected chi connectivity index (χ0v) is 9.89. The second-order valence-electron chi connectivity index (χ2n) is 5.37. The summed E-state index contributed by atoms with van der Waals surface area (Å²) in [5.74, 6) is 3.12. The topological polar surface area (TPSA) is 24.7 Å². The van der Waals surface area contributed by atoms with E-state index < -0.39 is 0 Å². The SMILES string of the molecule is CC(C)C1CCCC2C=NN=CC2CC1. The summed E-state index contributed by atoms with van der Waals surface area (Å²) in [6.45, 7) is 4.72. The summed E-state index contributed by atoms with van der Waals surface area (Å²) < 4.78 is 0. The van der Waals surface area contributed by atoms with Crippen LogP contribution in [0.25, 0.3) is 0 Å². The van der Waals surface area contributed by atoms with E-state index in [-0.39, 0.29) is 0 Å². The lowest BCUT2D eigenvalue weighted by Gasteiger charge is -2.30. The van der Waals surface area contributed by atoms with Gasteiger partial charge in [-0.3, -0.25) is 0 Å². The molecule has 0 aromatic heterocycles. The molecule has 2 heteroatoms. The molecule has 0 spiro atoms. The number of hydrogen-bond acceptors (Lipinski definition) is 2. The molecule has 1 heterocycles. The van der Waals surface area contributed by atoms with Gasteiger partial charge in [0.2, 0.25) is 0 Å². The van der Waals surface area contributed by atoms with Crippen LogP contribution in [0.1, 0.15) is 46.0 Å². The molecular formula is C13H22N2. The van der Waals surface area contributed by atoms with Crippen molar-refractivity contribution in [3.8, 4) is 0 Å². The predicted octanol–water partition coefficient (Wildman–Crippen LogP) is 3.53. The molecule has 0 N–H and O–H groups in total. The molecule has 2 nitrogen and oxygen atoms in total. The molecule has 1 aliphatic heterocycles. The highest BCUT2D eigenvalue weighted by atomic mass is 15.2. The lowest BCUT2D eigenvalue weighted by atomic mass is 9.76. The second-order valence-corrected chi connectivity index (χ2v) is 5.37. The van der Waals surface area contributed by atoms with Crippen molar-refractivity contribution in [2.75, 3.05) is 0 Å². The highest BCUT2D eigenvalue weighted by Gasteiger charge is 2.25. The average Bonchev–Trinajstić information content (AvgIpc) is 2.18. The maximum Gasteiger partial charge on any atom is 0.0307 e. The average molecular weight is 206 g/mol. The first kappa shape index (κ1) is 10.8. The lowest BCUT2D eigenvalue weighted by molar-refractivity contribution is 0.268. The number of fused-ring (bicyclic) bond motifs is 1. The van der Waals surface area contributed by atoms with Crippen molar-refractivity contribution in [1.29, 1.82) is 0 Å². The molecular weight excluding hydrogens is 184 g/mol. The van der Waals surface area contributed by atoms with Gasteiger partial charge in [0, 0.05) is 24.3 Å². The summed E-state index contributed by atoms with van der Waals surface area (Å²) in [6.07, 6.45) is 10.9. The molecule has 0 saturated heterocycles. The van der Waals surface area contributed by atoms with Gasteiger partial charge in [-0.25, -0.2) is 0 Å². The van der Waals surface area contributed by atoms with Crippen molar-refractivity contribution in [2.24, 2.45) is 33.9 Å². The summed E-state index contributed by atoms with van der Waals surface area (Å²) in [7, 11) is 0. The highest BCUT2D eigenvalue weighted by molar-refractivity contribution is 5.74. The Kier molecular flexibility index (Phi) is 3.55. The van der Waals surface area contributed by atoms with Gasteiger partial charge in [0.15, 0.2) is 0 Å². The minimum Gasteiger partial charge on any atom is -0.164 e. The van der Waals surface area contributed by atoms with Crippen LogP contribution in [0.4, 0.5) is 0 Å². The minimum absolute atomic E-state index is 0.670. The Bertz CT molecular complexity index is 255. The van der Waals surface area contributed by atoms with Crippen molar-refractivity contribution in [3.05, 3.63) is 0 Å². The van der Waals surface area contributed by atoms with E-state index in [4.69, 9.17) is 0 Å². The summed E-state index contributed by atoms with van der Waals surface area (Å²) in [6, 6.07) is 0. The Balaban J connectivity index is 1.96. The molecule has 15 heavy (non-hydrogen) atoms. The standard InChI is InChI=1S/C13H22N2/c1-10(2)11-4-3-5-12-8-14-15-9-13(12)7-6-11/h8-13H,3-7H2,1-2H3. The van der Waals surface area contributed by atoms with Crippen LogP contribution >= 0.6 is 0 Å². The maximum absolute atomic E-state index is 4.05. The van der Waals surface area contributed by atoms with Gasteiger partial charge in [0.05, 0.1) is 0 Å². The monoisotopic (exact) mass is 206 g/mol. The fraction of sp³-hybridized carbons (Fsp3) is 0.846. The molecule has 1 saturated carbocycles. The Morgan fingerprint density at radius 1 is 0.933 bits per heavy atom. The van der Waals surface area contributed by atoms with E-state index in [0.29, 0.717) is 11.8 Å². The van der Waals surface area contributed by atoms with Crippen LogP contribution in [0, 0.1) is 23.7 Å². The maximum atomic E-state index is 4.05. The van der Waals surface area contributed by atoms with Crippen molar-refractivity contribution < 1.29 is 0 Å². The predicted molar refractivity (Wildman–Crippen MR) is 65.4 cm³/mol. The van der Waals surface area contributed by atoms with Crippen LogP contribution in [0.2, 0.25) is 0 Å². The summed E-state index contributed by atoms with van der Waals surface area (Å²) >= 11 is 0. The van der Waals surface area contributed by atoms with Gasteiger partial charge in [-0.05, 0) is 31.1 Å². The van der Waals surface area contributed by atoms with Crippen LogP contribution in [0.5, 0.6) is 0 Å². The van der Waals surface area contributed by atoms with E-state index in [1.54, 1.807) is 0 Å². The van der Waals surface area contributed by atoms with Gasteiger partial charge in [-0.1, -0.05) is 26.7 Å². The van der Waals surface area contributed by atoms with E-state index in [2.05, 4.69) is 36.5 Å². The molecule has 2 aliphatic rings. The molecule has 0 radical (unpaired) electrons. The van der Waals surface area contributed by atoms with Crippen LogP contribution in [0.15, 0.2) is 10.2 Å². The molecule has 3 atom stereocenters. The zero-order chi connectivity index (χ0) is 10.7. The third kappa shape index (κ3) is 2.67. The number of nitrogens with zero attached hydrogens (tertiary/aromatic N) is 2. The molecule has 84 valence electrons. The zero-order valence-electron chi connectivity index (χ0n) is 9.89. The number of hydrogen-bond donors (Lipinski definition) is 0. The smallest absolute Gasteiger partial charge is 0.0307 e. The van der Waals surface area contributed by atoms with Crippen LogP contribution in [-0.4, -0.2) is 12.4 Å². The number of rotatable bonds is 1. The van der Waals surface area contributed by atoms with Crippen molar-refractivity contribution in [1.82, 2.24) is 0 Å². The molecule has 0 aromatic carbocycles. The Morgan fingerprint density at radius 3 is 2.27 bits per heavy atom. The molecule has 1 fully saturated rings. The first-order valence-electron chi connectivity index (χ1n) is 6.34. The van der Waals surface area contributed by atoms with Gasteiger partial charge >= 0.3 is 0 Å². The highest BCUT2D eigenvalue weighted by Crippen LogP contribution is 2.33. The fourth-order valence-electron chi connectivity index (χ4n) is 2.88. The normalized spacial score (nSPS) is 36.1. The van der Waals surface area contributed by atoms with Crippen LogP contribution in [-0.2, 0) is 0 Å². The van der Waals surface area contributed by atoms with E-state index in [0.717, 1.165) is 11.8 Å². The van der Waals surface area contributed by atoms with E-state index in [1.807, 2.05) is 0 Å². The van der Waals surface area contributed by atoms with Gasteiger partial charge in [0.25, 0.3) is 0 Å². The molecule has 0 bridgehead atoms. The second kappa shape index (κ2) is 4.91. The van der Waals surface area contributed by atoms with Crippen molar-refractivity contribution in [3.63, 3.8) is 0 Å². The molecule has 0 aromatic rings. The van der Waals surface area contributed by atoms with Crippen LogP contribution in [0.3, 0.4) is 0 Å². The Labute approximate surface area is 92.9 Å². The largest absolute Gasteiger partial charge is 0.164 e. The fourth-order valence-corrected chi connectivity index (χ4v) is 2.88. The van der Waals surface area contributed by atoms with E-state index >= 15 is 0 Å². The molecule has 2 rings (SSSR count). The van der Waals surface area contributed by atoms with Crippen LogP contribution < -0.4 is 0 Å². The van der Waals surface area contributed by atoms with Crippen molar-refractivity contribution in [2.45, 2.75) is 46.0 Å². The van der Waals surface area contributed by atoms with E-state index in [1.165, 1.54) is 32.1 Å². The van der Waals surface area contributed by atoms with E-state index in [9.17, 15) is 0 Å². The lowest BCUT2D eigenvalue weighted by Crippen LogP contribution is -2.24. The van der Waals surface area contributed by atoms with Gasteiger partial charge < -0.3 is 0 Å². The first-order chi connectivity index (χ1) is 7.27.